The van der Waals surface area contributed by atoms with Gasteiger partial charge < -0.3 is 14.9 Å². The van der Waals surface area contributed by atoms with Crippen LogP contribution >= 0.6 is 0 Å². The molecule has 2 saturated heterocycles. The summed E-state index contributed by atoms with van der Waals surface area (Å²) in [7, 11) is 0. The molecule has 1 unspecified atom stereocenters. The molecule has 1 aromatic carbocycles. The molecule has 1 N–H and O–H groups in total. The van der Waals surface area contributed by atoms with Gasteiger partial charge in [-0.2, -0.15) is 0 Å². The number of β-amino-alcohol motifs (C(OH)–C–C–N with tert-alkyl or cyclic N) is 1. The molecule has 138 valence electrons. The van der Waals surface area contributed by atoms with Crippen molar-refractivity contribution in [1.29, 1.82) is 0 Å². The van der Waals surface area contributed by atoms with E-state index in [-0.39, 0.29) is 12.0 Å². The standard InChI is InChI=1S/C19H30N4O2/c1-17(24)15-20-7-9-21(10-8-20)16-19(25)23-13-11-22(12-14-23)18-5-3-2-4-6-18/h2-6,17,24H,7-16H2,1H3. The van der Waals surface area contributed by atoms with E-state index in [2.05, 4.69) is 39.0 Å². The molecular weight excluding hydrogens is 316 g/mol. The van der Waals surface area contributed by atoms with Crippen molar-refractivity contribution in [2.75, 3.05) is 70.3 Å². The molecule has 3 rings (SSSR count). The monoisotopic (exact) mass is 346 g/mol. The average molecular weight is 346 g/mol. The van der Waals surface area contributed by atoms with Crippen LogP contribution in [-0.4, -0.2) is 97.3 Å². The van der Waals surface area contributed by atoms with E-state index in [1.807, 2.05) is 17.9 Å². The van der Waals surface area contributed by atoms with E-state index >= 15 is 0 Å². The predicted molar refractivity (Wildman–Crippen MR) is 99.8 cm³/mol. The molecule has 2 heterocycles. The number of carbonyl (C=O) groups excluding carboxylic acids is 1. The van der Waals surface area contributed by atoms with E-state index in [1.165, 1.54) is 5.69 Å². The summed E-state index contributed by atoms with van der Waals surface area (Å²) in [6, 6.07) is 10.4. The first-order chi connectivity index (χ1) is 12.1. The van der Waals surface area contributed by atoms with E-state index in [0.29, 0.717) is 6.54 Å². The van der Waals surface area contributed by atoms with E-state index in [9.17, 15) is 9.90 Å². The van der Waals surface area contributed by atoms with E-state index in [1.54, 1.807) is 0 Å². The lowest BCUT2D eigenvalue weighted by Gasteiger charge is -2.38. The van der Waals surface area contributed by atoms with Crippen LogP contribution in [0.1, 0.15) is 6.92 Å². The summed E-state index contributed by atoms with van der Waals surface area (Å²) in [5.74, 6) is 0.247. The molecule has 6 nitrogen and oxygen atoms in total. The molecule has 0 aromatic heterocycles. The van der Waals surface area contributed by atoms with Crippen LogP contribution in [0.25, 0.3) is 0 Å². The number of benzene rings is 1. The second-order valence-corrected chi connectivity index (χ2v) is 7.13. The van der Waals surface area contributed by atoms with Crippen LogP contribution in [0.15, 0.2) is 30.3 Å². The van der Waals surface area contributed by atoms with Crippen molar-refractivity contribution >= 4 is 11.6 Å². The number of amides is 1. The maximum absolute atomic E-state index is 12.6. The normalized spacial score (nSPS) is 21.4. The van der Waals surface area contributed by atoms with Gasteiger partial charge in [0.2, 0.25) is 5.91 Å². The molecule has 1 atom stereocenters. The Labute approximate surface area is 150 Å². The number of carbonyl (C=O) groups is 1. The largest absolute Gasteiger partial charge is 0.392 e. The van der Waals surface area contributed by atoms with Crippen LogP contribution in [0.4, 0.5) is 5.69 Å². The smallest absolute Gasteiger partial charge is 0.236 e. The van der Waals surface area contributed by atoms with Crippen LogP contribution in [0, 0.1) is 0 Å². The summed E-state index contributed by atoms with van der Waals surface area (Å²) in [6.07, 6.45) is -0.283. The number of para-hydroxylation sites is 1. The van der Waals surface area contributed by atoms with Crippen molar-refractivity contribution in [3.8, 4) is 0 Å². The van der Waals surface area contributed by atoms with Crippen molar-refractivity contribution in [3.05, 3.63) is 30.3 Å². The van der Waals surface area contributed by atoms with E-state index in [4.69, 9.17) is 0 Å². The fourth-order valence-electron chi connectivity index (χ4n) is 3.65. The molecule has 0 radical (unpaired) electrons. The van der Waals surface area contributed by atoms with Gasteiger partial charge in [0.1, 0.15) is 0 Å². The predicted octanol–water partition coefficient (Wildman–Crippen LogP) is 0.334. The Morgan fingerprint density at radius 2 is 1.56 bits per heavy atom. The number of aliphatic hydroxyl groups excluding tert-OH is 1. The first-order valence-corrected chi connectivity index (χ1v) is 9.32. The Bertz CT molecular complexity index is 536. The Kier molecular flexibility index (Phi) is 6.29. The summed E-state index contributed by atoms with van der Waals surface area (Å²) in [4.78, 5) is 21.4. The zero-order chi connectivity index (χ0) is 17.6. The minimum Gasteiger partial charge on any atom is -0.392 e. The summed E-state index contributed by atoms with van der Waals surface area (Å²) in [5, 5.41) is 9.47. The number of aliphatic hydroxyl groups is 1. The van der Waals surface area contributed by atoms with Crippen LogP contribution in [0.5, 0.6) is 0 Å². The first-order valence-electron chi connectivity index (χ1n) is 9.32. The lowest BCUT2D eigenvalue weighted by atomic mass is 10.2. The van der Waals surface area contributed by atoms with E-state index < -0.39 is 0 Å². The summed E-state index contributed by atoms with van der Waals surface area (Å²) >= 11 is 0. The number of anilines is 1. The Balaban J connectivity index is 1.40. The summed E-state index contributed by atoms with van der Waals surface area (Å²) in [6.45, 7) is 10.1. The van der Waals surface area contributed by atoms with Crippen LogP contribution in [0.2, 0.25) is 0 Å². The van der Waals surface area contributed by atoms with Crippen LogP contribution in [-0.2, 0) is 4.79 Å². The summed E-state index contributed by atoms with van der Waals surface area (Å²) in [5.41, 5.74) is 1.24. The third kappa shape index (κ3) is 5.17. The minimum absolute atomic E-state index is 0.247. The van der Waals surface area contributed by atoms with Crippen LogP contribution < -0.4 is 4.90 Å². The van der Waals surface area contributed by atoms with Gasteiger partial charge in [0, 0.05) is 64.6 Å². The number of rotatable bonds is 5. The highest BCUT2D eigenvalue weighted by molar-refractivity contribution is 5.78. The van der Waals surface area contributed by atoms with Gasteiger partial charge in [0.05, 0.1) is 12.6 Å². The molecule has 25 heavy (non-hydrogen) atoms. The number of hydrogen-bond donors (Lipinski definition) is 1. The van der Waals surface area contributed by atoms with Gasteiger partial charge in [-0.25, -0.2) is 0 Å². The SMILES string of the molecule is CC(O)CN1CCN(CC(=O)N2CCN(c3ccccc3)CC2)CC1. The van der Waals surface area contributed by atoms with Crippen LogP contribution in [0.3, 0.4) is 0 Å². The first kappa shape index (κ1) is 18.2. The summed E-state index contributed by atoms with van der Waals surface area (Å²) < 4.78 is 0. The Morgan fingerprint density at radius 1 is 0.960 bits per heavy atom. The second kappa shape index (κ2) is 8.65. The fourth-order valence-corrected chi connectivity index (χ4v) is 3.65. The van der Waals surface area contributed by atoms with Crippen molar-refractivity contribution in [1.82, 2.24) is 14.7 Å². The molecule has 0 aliphatic carbocycles. The Hall–Kier alpha value is -1.63. The number of piperazine rings is 2. The molecule has 2 aliphatic heterocycles. The molecule has 0 spiro atoms. The molecular formula is C19H30N4O2. The van der Waals surface area contributed by atoms with Gasteiger partial charge in [-0.3, -0.25) is 14.6 Å². The maximum atomic E-state index is 12.6. The van der Waals surface area contributed by atoms with Crippen molar-refractivity contribution in [2.45, 2.75) is 13.0 Å². The third-order valence-electron chi connectivity index (χ3n) is 5.10. The Morgan fingerprint density at radius 3 is 2.16 bits per heavy atom. The lowest BCUT2D eigenvalue weighted by molar-refractivity contribution is -0.133. The fraction of sp³-hybridized carbons (Fsp3) is 0.632. The average Bonchev–Trinajstić information content (AvgIpc) is 2.64. The molecule has 6 heteroatoms. The highest BCUT2D eigenvalue weighted by atomic mass is 16.3. The van der Waals surface area contributed by atoms with Gasteiger partial charge in [0.25, 0.3) is 0 Å². The van der Waals surface area contributed by atoms with Gasteiger partial charge in [-0.1, -0.05) is 18.2 Å². The zero-order valence-corrected chi connectivity index (χ0v) is 15.2. The molecule has 1 amide bonds. The number of hydrogen-bond acceptors (Lipinski definition) is 5. The maximum Gasteiger partial charge on any atom is 0.236 e. The van der Waals surface area contributed by atoms with Gasteiger partial charge in [-0.05, 0) is 19.1 Å². The zero-order valence-electron chi connectivity index (χ0n) is 15.2. The molecule has 2 aliphatic rings. The van der Waals surface area contributed by atoms with Crippen molar-refractivity contribution < 1.29 is 9.90 Å². The lowest BCUT2D eigenvalue weighted by Crippen LogP contribution is -2.54. The number of nitrogens with zero attached hydrogens (tertiary/aromatic N) is 4. The van der Waals surface area contributed by atoms with Gasteiger partial charge in [-0.15, -0.1) is 0 Å². The molecule has 2 fully saturated rings. The molecule has 0 saturated carbocycles. The van der Waals surface area contributed by atoms with Gasteiger partial charge >= 0.3 is 0 Å². The van der Waals surface area contributed by atoms with Gasteiger partial charge in [0.15, 0.2) is 0 Å². The minimum atomic E-state index is -0.283. The van der Waals surface area contributed by atoms with Crippen molar-refractivity contribution in [2.24, 2.45) is 0 Å². The quantitative estimate of drug-likeness (QED) is 0.833. The molecule has 0 bridgehead atoms. The second-order valence-electron chi connectivity index (χ2n) is 7.13. The van der Waals surface area contributed by atoms with E-state index in [0.717, 1.165) is 58.9 Å². The molecule has 1 aromatic rings. The van der Waals surface area contributed by atoms with Crippen molar-refractivity contribution in [3.63, 3.8) is 0 Å². The highest BCUT2D eigenvalue weighted by Gasteiger charge is 2.25. The highest BCUT2D eigenvalue weighted by Crippen LogP contribution is 2.15. The third-order valence-corrected chi connectivity index (χ3v) is 5.10. The topological polar surface area (TPSA) is 50.3 Å².